The van der Waals surface area contributed by atoms with Crippen molar-refractivity contribution in [2.45, 2.75) is 59.6 Å². The molecule has 1 heterocycles. The number of hydrogen-bond donors (Lipinski definition) is 1. The average molecular weight is 253 g/mol. The molecule has 1 unspecified atom stereocenters. The molecule has 0 amide bonds. The van der Waals surface area contributed by atoms with Crippen molar-refractivity contribution in [1.82, 2.24) is 9.78 Å². The maximum absolute atomic E-state index is 9.56. The average Bonchev–Trinajstić information content (AvgIpc) is 2.64. The number of anilines is 1. The van der Waals surface area contributed by atoms with Crippen LogP contribution in [0.1, 0.15) is 51.3 Å². The quantitative estimate of drug-likeness (QED) is 0.812. The van der Waals surface area contributed by atoms with Gasteiger partial charge in [0.2, 0.25) is 0 Å². The van der Waals surface area contributed by atoms with Gasteiger partial charge in [-0.2, -0.15) is 5.10 Å². The van der Waals surface area contributed by atoms with Crippen molar-refractivity contribution in [3.63, 3.8) is 0 Å². The van der Waals surface area contributed by atoms with E-state index in [-0.39, 0.29) is 6.61 Å². The lowest BCUT2D eigenvalue weighted by Gasteiger charge is -2.31. The Hall–Kier alpha value is -1.03. The summed E-state index contributed by atoms with van der Waals surface area (Å²) >= 11 is 0. The fourth-order valence-electron chi connectivity index (χ4n) is 2.32. The first-order valence-electron chi connectivity index (χ1n) is 6.96. The topological polar surface area (TPSA) is 41.3 Å². The number of unbranched alkanes of at least 4 members (excludes halogenated alkanes) is 1. The lowest BCUT2D eigenvalue weighted by Crippen LogP contribution is -2.35. The smallest absolute Gasteiger partial charge is 0.132 e. The van der Waals surface area contributed by atoms with Gasteiger partial charge in [0.15, 0.2) is 0 Å². The molecule has 1 aromatic heterocycles. The second kappa shape index (κ2) is 6.78. The summed E-state index contributed by atoms with van der Waals surface area (Å²) in [6, 6.07) is 0.469. The van der Waals surface area contributed by atoms with Gasteiger partial charge in [-0.05, 0) is 26.7 Å². The third kappa shape index (κ3) is 3.05. The van der Waals surface area contributed by atoms with Crippen LogP contribution in [0.4, 0.5) is 5.82 Å². The number of aliphatic hydroxyl groups is 1. The zero-order chi connectivity index (χ0) is 13.7. The fourth-order valence-corrected chi connectivity index (χ4v) is 2.32. The predicted octanol–water partition coefficient (Wildman–Crippen LogP) is 2.63. The minimum Gasteiger partial charge on any atom is -0.391 e. The van der Waals surface area contributed by atoms with Crippen molar-refractivity contribution in [2.75, 3.05) is 11.4 Å². The summed E-state index contributed by atoms with van der Waals surface area (Å²) in [7, 11) is 1.96. The van der Waals surface area contributed by atoms with E-state index in [4.69, 9.17) is 0 Å². The number of rotatable bonds is 7. The molecule has 1 aromatic rings. The minimum absolute atomic E-state index is 0.0636. The molecule has 104 valence electrons. The Labute approximate surface area is 111 Å². The van der Waals surface area contributed by atoms with Gasteiger partial charge in [-0.3, -0.25) is 4.68 Å². The fraction of sp³-hybridized carbons (Fsp3) is 0.786. The summed E-state index contributed by atoms with van der Waals surface area (Å²) in [5, 5.41) is 14.0. The maximum Gasteiger partial charge on any atom is 0.132 e. The van der Waals surface area contributed by atoms with Gasteiger partial charge in [-0.15, -0.1) is 0 Å². The molecule has 0 aromatic carbocycles. The number of aromatic nitrogens is 2. The van der Waals surface area contributed by atoms with E-state index in [0.29, 0.717) is 6.04 Å². The molecule has 1 N–H and O–H groups in total. The molecule has 1 atom stereocenters. The Morgan fingerprint density at radius 3 is 2.56 bits per heavy atom. The van der Waals surface area contributed by atoms with E-state index in [1.165, 1.54) is 12.8 Å². The van der Waals surface area contributed by atoms with Crippen molar-refractivity contribution in [3.05, 3.63) is 11.3 Å². The molecule has 18 heavy (non-hydrogen) atoms. The van der Waals surface area contributed by atoms with Crippen LogP contribution in [0.3, 0.4) is 0 Å². The van der Waals surface area contributed by atoms with E-state index in [0.717, 1.165) is 30.0 Å². The van der Waals surface area contributed by atoms with E-state index in [1.807, 2.05) is 18.7 Å². The Morgan fingerprint density at radius 1 is 1.39 bits per heavy atom. The first kappa shape index (κ1) is 15.0. The molecular formula is C14H27N3O. The van der Waals surface area contributed by atoms with Crippen molar-refractivity contribution in [3.8, 4) is 0 Å². The number of nitrogens with zero attached hydrogens (tertiary/aromatic N) is 3. The van der Waals surface area contributed by atoms with Crippen LogP contribution in [-0.2, 0) is 13.7 Å². The molecule has 0 bridgehead atoms. The summed E-state index contributed by atoms with van der Waals surface area (Å²) in [4.78, 5) is 2.38. The molecule has 0 saturated heterocycles. The predicted molar refractivity (Wildman–Crippen MR) is 75.9 cm³/mol. The lowest BCUT2D eigenvalue weighted by atomic mass is 10.1. The molecule has 0 aliphatic carbocycles. The van der Waals surface area contributed by atoms with E-state index >= 15 is 0 Å². The monoisotopic (exact) mass is 253 g/mol. The van der Waals surface area contributed by atoms with Crippen LogP contribution >= 0.6 is 0 Å². The second-order valence-corrected chi connectivity index (χ2v) is 4.97. The van der Waals surface area contributed by atoms with Crippen LogP contribution in [0.25, 0.3) is 0 Å². The lowest BCUT2D eigenvalue weighted by molar-refractivity contribution is 0.281. The first-order chi connectivity index (χ1) is 8.56. The van der Waals surface area contributed by atoms with Gasteiger partial charge in [-0.1, -0.05) is 20.3 Å². The van der Waals surface area contributed by atoms with Crippen LogP contribution < -0.4 is 4.90 Å². The molecular weight excluding hydrogens is 226 g/mol. The summed E-state index contributed by atoms with van der Waals surface area (Å²) in [5.74, 6) is 1.08. The van der Waals surface area contributed by atoms with Crippen molar-refractivity contribution >= 4 is 5.82 Å². The van der Waals surface area contributed by atoms with E-state index in [9.17, 15) is 5.11 Å². The van der Waals surface area contributed by atoms with Gasteiger partial charge < -0.3 is 10.0 Å². The number of aliphatic hydroxyl groups excluding tert-OH is 1. The molecule has 4 nitrogen and oxygen atoms in total. The molecule has 4 heteroatoms. The molecule has 1 rings (SSSR count). The largest absolute Gasteiger partial charge is 0.391 e. The van der Waals surface area contributed by atoms with E-state index in [2.05, 4.69) is 30.8 Å². The van der Waals surface area contributed by atoms with E-state index < -0.39 is 0 Å². The first-order valence-corrected chi connectivity index (χ1v) is 6.96. The summed E-state index contributed by atoms with van der Waals surface area (Å²) < 4.78 is 1.91. The number of hydrogen-bond acceptors (Lipinski definition) is 3. The molecule has 0 saturated carbocycles. The Balaban J connectivity index is 3.11. The molecule has 0 radical (unpaired) electrons. The normalized spacial score (nSPS) is 12.8. The summed E-state index contributed by atoms with van der Waals surface area (Å²) in [6.45, 7) is 9.69. The highest BCUT2D eigenvalue weighted by molar-refractivity contribution is 5.50. The Kier molecular flexibility index (Phi) is 5.66. The third-order valence-electron chi connectivity index (χ3n) is 3.62. The second-order valence-electron chi connectivity index (χ2n) is 4.97. The SMILES string of the molecule is CCCCN(c1c(CO)c(C)nn1C)C(C)CC. The van der Waals surface area contributed by atoms with E-state index in [1.54, 1.807) is 0 Å². The highest BCUT2D eigenvalue weighted by Crippen LogP contribution is 2.26. The van der Waals surface area contributed by atoms with Crippen LogP contribution in [0, 0.1) is 6.92 Å². The van der Waals surface area contributed by atoms with Gasteiger partial charge in [-0.25, -0.2) is 0 Å². The summed E-state index contributed by atoms with van der Waals surface area (Å²) in [5.41, 5.74) is 1.90. The van der Waals surface area contributed by atoms with Gasteiger partial charge >= 0.3 is 0 Å². The van der Waals surface area contributed by atoms with Crippen molar-refractivity contribution < 1.29 is 5.11 Å². The van der Waals surface area contributed by atoms with Crippen LogP contribution in [-0.4, -0.2) is 27.5 Å². The molecule has 0 fully saturated rings. The van der Waals surface area contributed by atoms with Crippen LogP contribution in [0.15, 0.2) is 0 Å². The Morgan fingerprint density at radius 2 is 2.06 bits per heavy atom. The van der Waals surface area contributed by atoms with Gasteiger partial charge in [0.1, 0.15) is 5.82 Å². The maximum atomic E-state index is 9.56. The number of aryl methyl sites for hydroxylation is 2. The van der Waals surface area contributed by atoms with Crippen molar-refractivity contribution in [1.29, 1.82) is 0 Å². The molecule has 0 spiro atoms. The zero-order valence-electron chi connectivity index (χ0n) is 12.4. The highest BCUT2D eigenvalue weighted by atomic mass is 16.3. The zero-order valence-corrected chi connectivity index (χ0v) is 12.4. The molecule has 0 aliphatic rings. The molecule has 0 aliphatic heterocycles. The standard InChI is InChI=1S/C14H27N3O/c1-6-8-9-17(11(3)7-2)14-13(10-18)12(4)15-16(14)5/h11,18H,6-10H2,1-5H3. The third-order valence-corrected chi connectivity index (χ3v) is 3.62. The van der Waals surface area contributed by atoms with Gasteiger partial charge in [0.25, 0.3) is 0 Å². The van der Waals surface area contributed by atoms with Gasteiger partial charge in [0, 0.05) is 25.2 Å². The Bertz CT molecular complexity index is 373. The van der Waals surface area contributed by atoms with Crippen LogP contribution in [0.5, 0.6) is 0 Å². The highest BCUT2D eigenvalue weighted by Gasteiger charge is 2.21. The van der Waals surface area contributed by atoms with Crippen molar-refractivity contribution in [2.24, 2.45) is 7.05 Å². The van der Waals surface area contributed by atoms with Crippen LogP contribution in [0.2, 0.25) is 0 Å². The summed E-state index contributed by atoms with van der Waals surface area (Å²) in [6.07, 6.45) is 3.44. The minimum atomic E-state index is 0.0636. The van der Waals surface area contributed by atoms with Gasteiger partial charge in [0.05, 0.1) is 12.3 Å².